The first kappa shape index (κ1) is 19.8. The summed E-state index contributed by atoms with van der Waals surface area (Å²) in [5.41, 5.74) is 3.37. The van der Waals surface area contributed by atoms with Crippen molar-refractivity contribution in [1.82, 2.24) is 0 Å². The largest absolute Gasteiger partial charge is 0.478 e. The van der Waals surface area contributed by atoms with Gasteiger partial charge in [0, 0.05) is 10.0 Å². The van der Waals surface area contributed by atoms with Gasteiger partial charge in [-0.05, 0) is 62.4 Å². The van der Waals surface area contributed by atoms with E-state index in [2.05, 4.69) is 21.0 Å². The Morgan fingerprint density at radius 2 is 1.83 bits per heavy atom. The molecule has 0 aliphatic carbocycles. The summed E-state index contributed by atoms with van der Waals surface area (Å²) in [5, 5.41) is 15.2. The maximum Gasteiger partial charge on any atom is 0.336 e. The Balaban J connectivity index is 1.65. The number of carboxylic acid groups (broad SMARTS) is 1. The van der Waals surface area contributed by atoms with Gasteiger partial charge in [-0.15, -0.1) is 0 Å². The second-order valence-electron chi connectivity index (χ2n) is 6.89. The van der Waals surface area contributed by atoms with Crippen molar-refractivity contribution in [3.63, 3.8) is 0 Å². The molecule has 1 aliphatic heterocycles. The van der Waals surface area contributed by atoms with Crippen molar-refractivity contribution in [2.24, 2.45) is 5.10 Å². The number of hydrogen-bond donors (Lipinski definition) is 1. The number of halogens is 1. The molecule has 0 saturated carbocycles. The Morgan fingerprint density at radius 3 is 2.53 bits per heavy atom. The molecule has 0 radical (unpaired) electrons. The summed E-state index contributed by atoms with van der Waals surface area (Å²) in [6.07, 6.45) is 1.62. The van der Waals surface area contributed by atoms with Gasteiger partial charge in [-0.25, -0.2) is 4.79 Å². The molecule has 2 heterocycles. The first-order chi connectivity index (χ1) is 14.3. The van der Waals surface area contributed by atoms with Crippen molar-refractivity contribution in [2.45, 2.75) is 13.8 Å². The quantitative estimate of drug-likeness (QED) is 0.515. The van der Waals surface area contributed by atoms with Crippen LogP contribution >= 0.6 is 15.9 Å². The Morgan fingerprint density at radius 1 is 1.10 bits per heavy atom. The third-order valence-corrected chi connectivity index (χ3v) is 5.23. The summed E-state index contributed by atoms with van der Waals surface area (Å²) in [6, 6.07) is 15.9. The molecule has 7 heteroatoms. The fraction of sp³-hybridized carbons (Fsp3) is 0.0870. The number of carbonyl (C=O) groups is 2. The number of hydrazone groups is 1. The van der Waals surface area contributed by atoms with E-state index in [0.29, 0.717) is 38.5 Å². The van der Waals surface area contributed by atoms with E-state index >= 15 is 0 Å². The zero-order valence-corrected chi connectivity index (χ0v) is 17.8. The van der Waals surface area contributed by atoms with E-state index in [1.54, 1.807) is 37.3 Å². The molecule has 0 fully saturated rings. The number of hydrogen-bond acceptors (Lipinski definition) is 4. The van der Waals surface area contributed by atoms with Gasteiger partial charge < -0.3 is 9.52 Å². The number of aryl methyl sites for hydroxylation is 1. The van der Waals surface area contributed by atoms with E-state index in [9.17, 15) is 14.7 Å². The summed E-state index contributed by atoms with van der Waals surface area (Å²) < 4.78 is 6.50. The van der Waals surface area contributed by atoms with Crippen LogP contribution in [-0.2, 0) is 4.79 Å². The molecule has 4 rings (SSSR count). The molecular formula is C23H17BrN2O4. The van der Waals surface area contributed by atoms with Crippen LogP contribution < -0.4 is 5.01 Å². The minimum Gasteiger partial charge on any atom is -0.478 e. The third kappa shape index (κ3) is 3.71. The van der Waals surface area contributed by atoms with Crippen LogP contribution in [-0.4, -0.2) is 22.7 Å². The zero-order chi connectivity index (χ0) is 21.4. The monoisotopic (exact) mass is 464 g/mol. The second-order valence-corrected chi connectivity index (χ2v) is 7.81. The van der Waals surface area contributed by atoms with E-state index in [1.165, 1.54) is 11.1 Å². The van der Waals surface area contributed by atoms with Crippen LogP contribution in [0.1, 0.15) is 28.6 Å². The Hall–Kier alpha value is -3.45. The highest BCUT2D eigenvalue weighted by Crippen LogP contribution is 2.30. The van der Waals surface area contributed by atoms with Gasteiger partial charge in [-0.3, -0.25) is 4.79 Å². The average molecular weight is 465 g/mol. The molecular weight excluding hydrogens is 448 g/mol. The van der Waals surface area contributed by atoms with E-state index < -0.39 is 5.97 Å². The predicted molar refractivity (Wildman–Crippen MR) is 119 cm³/mol. The van der Waals surface area contributed by atoms with Gasteiger partial charge in [-0.1, -0.05) is 33.6 Å². The Labute approximate surface area is 181 Å². The molecule has 0 bridgehead atoms. The summed E-state index contributed by atoms with van der Waals surface area (Å²) in [5.74, 6) is -0.454. The van der Waals surface area contributed by atoms with Crippen LogP contribution in [0.2, 0.25) is 0 Å². The molecule has 0 saturated heterocycles. The highest BCUT2D eigenvalue weighted by Gasteiger charge is 2.29. The smallest absolute Gasteiger partial charge is 0.336 e. The van der Waals surface area contributed by atoms with E-state index in [-0.39, 0.29) is 11.5 Å². The van der Waals surface area contributed by atoms with E-state index in [0.717, 1.165) is 5.56 Å². The lowest BCUT2D eigenvalue weighted by Crippen LogP contribution is -2.21. The topological polar surface area (TPSA) is 83.1 Å². The van der Waals surface area contributed by atoms with Crippen molar-refractivity contribution in [3.05, 3.63) is 81.5 Å². The molecule has 150 valence electrons. The fourth-order valence-corrected chi connectivity index (χ4v) is 3.53. The van der Waals surface area contributed by atoms with E-state index in [4.69, 9.17) is 4.42 Å². The summed E-state index contributed by atoms with van der Waals surface area (Å²) in [7, 11) is 0. The molecule has 1 N–H and O–H groups in total. The van der Waals surface area contributed by atoms with E-state index in [1.807, 2.05) is 31.2 Å². The lowest BCUT2D eigenvalue weighted by atomic mass is 10.1. The van der Waals surface area contributed by atoms with Crippen molar-refractivity contribution in [1.29, 1.82) is 0 Å². The molecule has 30 heavy (non-hydrogen) atoms. The van der Waals surface area contributed by atoms with Gasteiger partial charge in [0.25, 0.3) is 5.91 Å². The number of carboxylic acids is 1. The van der Waals surface area contributed by atoms with Gasteiger partial charge in [0.15, 0.2) is 0 Å². The van der Waals surface area contributed by atoms with Gasteiger partial charge in [0.2, 0.25) is 0 Å². The number of furan rings is 1. The number of benzene rings is 2. The van der Waals surface area contributed by atoms with Crippen molar-refractivity contribution in [2.75, 3.05) is 5.01 Å². The maximum absolute atomic E-state index is 12.9. The lowest BCUT2D eigenvalue weighted by molar-refractivity contribution is -0.114. The SMILES string of the molecule is CC1=NN(c2ccc(C)cc2)C(=O)/C1=C\c1ccc(-c2ccc(Br)cc2C(=O)O)o1. The van der Waals surface area contributed by atoms with Gasteiger partial charge in [0.05, 0.1) is 22.5 Å². The van der Waals surface area contributed by atoms with Crippen LogP contribution in [0.5, 0.6) is 0 Å². The van der Waals surface area contributed by atoms with Crippen LogP contribution in [0.15, 0.2) is 74.2 Å². The van der Waals surface area contributed by atoms with Crippen LogP contribution in [0.4, 0.5) is 5.69 Å². The molecule has 1 amide bonds. The molecule has 0 unspecified atom stereocenters. The minimum absolute atomic E-state index is 0.123. The molecule has 0 spiro atoms. The van der Waals surface area contributed by atoms with Crippen molar-refractivity contribution in [3.8, 4) is 11.3 Å². The van der Waals surface area contributed by atoms with Crippen LogP contribution in [0.3, 0.4) is 0 Å². The predicted octanol–water partition coefficient (Wildman–Crippen LogP) is 5.52. The summed E-state index contributed by atoms with van der Waals surface area (Å²) >= 11 is 3.28. The second kappa shape index (κ2) is 7.76. The molecule has 0 atom stereocenters. The third-order valence-electron chi connectivity index (χ3n) is 4.73. The number of carbonyl (C=O) groups excluding carboxylic acids is 1. The Bertz CT molecular complexity index is 1220. The van der Waals surface area contributed by atoms with Crippen LogP contribution in [0, 0.1) is 6.92 Å². The normalized spacial score (nSPS) is 15.0. The summed E-state index contributed by atoms with van der Waals surface area (Å²) in [4.78, 5) is 24.5. The lowest BCUT2D eigenvalue weighted by Gasteiger charge is -2.11. The highest BCUT2D eigenvalue weighted by molar-refractivity contribution is 9.10. The first-order valence-electron chi connectivity index (χ1n) is 9.15. The average Bonchev–Trinajstić information content (AvgIpc) is 3.29. The van der Waals surface area contributed by atoms with Crippen LogP contribution in [0.25, 0.3) is 17.4 Å². The molecule has 2 aromatic carbocycles. The van der Waals surface area contributed by atoms with Gasteiger partial charge >= 0.3 is 5.97 Å². The van der Waals surface area contributed by atoms with Gasteiger partial charge in [-0.2, -0.15) is 10.1 Å². The van der Waals surface area contributed by atoms with Crippen molar-refractivity contribution >= 4 is 45.3 Å². The number of aromatic carboxylic acids is 1. The fourth-order valence-electron chi connectivity index (χ4n) is 3.17. The van der Waals surface area contributed by atoms with Gasteiger partial charge in [0.1, 0.15) is 11.5 Å². The molecule has 3 aromatic rings. The maximum atomic E-state index is 12.9. The number of nitrogens with zero attached hydrogens (tertiary/aromatic N) is 2. The molecule has 1 aromatic heterocycles. The standard InChI is InChI=1S/C23H17BrN2O4/c1-13-3-6-16(7-4-13)26-22(27)19(14(2)25-26)12-17-8-10-21(30-17)18-9-5-15(24)11-20(18)23(28)29/h3-12H,1-2H3,(H,28,29)/b19-12-. The highest BCUT2D eigenvalue weighted by atomic mass is 79.9. The number of anilines is 1. The number of rotatable bonds is 4. The summed E-state index contributed by atoms with van der Waals surface area (Å²) in [6.45, 7) is 3.74. The van der Waals surface area contributed by atoms with Crippen molar-refractivity contribution < 1.29 is 19.1 Å². The zero-order valence-electron chi connectivity index (χ0n) is 16.2. The minimum atomic E-state index is -1.05. The number of amides is 1. The molecule has 6 nitrogen and oxygen atoms in total. The molecule has 1 aliphatic rings. The first-order valence-corrected chi connectivity index (χ1v) is 9.94. The Kier molecular flexibility index (Phi) is 5.13.